The van der Waals surface area contributed by atoms with E-state index in [1.807, 2.05) is 137 Å². The number of ether oxygens (including phenoxy) is 2. The smallest absolute Gasteiger partial charge is 0.203 e. The van der Waals surface area contributed by atoms with Gasteiger partial charge in [0, 0.05) is 198 Å². The van der Waals surface area contributed by atoms with Crippen LogP contribution in [0.3, 0.4) is 0 Å². The highest BCUT2D eigenvalue weighted by Gasteiger charge is 2.32. The van der Waals surface area contributed by atoms with Crippen LogP contribution in [0.25, 0.3) is 90.5 Å². The van der Waals surface area contributed by atoms with Gasteiger partial charge < -0.3 is 75.8 Å². The lowest BCUT2D eigenvalue weighted by atomic mass is 9.95. The van der Waals surface area contributed by atoms with Gasteiger partial charge in [-0.3, -0.25) is 18.9 Å². The summed E-state index contributed by atoms with van der Waals surface area (Å²) in [5, 5.41) is 63.2. The van der Waals surface area contributed by atoms with Crippen molar-refractivity contribution < 1.29 is 14.2 Å². The van der Waals surface area contributed by atoms with Crippen molar-refractivity contribution in [3.8, 4) is 44.5 Å². The Bertz CT molecular complexity index is 6810. The molecule has 41 nitrogen and oxygen atoms in total. The molecular formula is C93H116Br3ClN39O2S+. The number of hydrogen-bond acceptors (Lipinski definition) is 31. The number of morpholine rings is 2. The maximum absolute atomic E-state index is 6.48. The molecule has 16 aromatic heterocycles. The van der Waals surface area contributed by atoms with Crippen LogP contribution in [0.5, 0.6) is 0 Å². The van der Waals surface area contributed by atoms with Crippen LogP contribution in [0.2, 0.25) is 5.02 Å². The number of aromatic nitrogens is 26. The number of anilines is 6. The van der Waals surface area contributed by atoms with Crippen LogP contribution in [0, 0.1) is 0 Å². The minimum absolute atomic E-state index is 0. The lowest BCUT2D eigenvalue weighted by molar-refractivity contribution is -0.726. The SMILES string of the molecule is C.C[n+]1cc(-c2cnn3c(N)c(Cl)c(C4CCCNC4)nc23)c[nH]1.Cn1cc(-c2cnn3c(N)c(Br)c(C4CCNC4)nc23)cn1.Cn1cc(-c2cnn3c(N)c(Br)c(C4CNCCO4)nc23)cn1.Cn1cc(-c2cnn3c(N)c(Br)c(C4CNCCS4)nc23)cn1.Nc1cc(C2CCCNC2)nc2c(/C=C/c3ccccc3)cnn12.Nc1cc(C2CCCNC2)nc2c(CN3CCOCC3)cnn12. The average Bonchev–Trinajstić information content (AvgIpc) is 1.69. The number of nitrogens with two attached hydrogens (primary N) is 6. The van der Waals surface area contributed by atoms with Gasteiger partial charge in [-0.1, -0.05) is 55.4 Å². The summed E-state index contributed by atoms with van der Waals surface area (Å²) in [6, 6.07) is 14.2. The zero-order valence-corrected chi connectivity index (χ0v) is 83.3. The molecule has 17 aromatic rings. The summed E-state index contributed by atoms with van der Waals surface area (Å²) in [7, 11) is 7.60. The van der Waals surface area contributed by atoms with Gasteiger partial charge in [0.15, 0.2) is 40.9 Å². The van der Waals surface area contributed by atoms with Gasteiger partial charge in [0.2, 0.25) is 6.20 Å². The van der Waals surface area contributed by atoms with Crippen LogP contribution in [0.15, 0.2) is 143 Å². The molecule has 728 valence electrons. The van der Waals surface area contributed by atoms with Crippen LogP contribution in [0.1, 0.15) is 138 Å². The molecule has 7 saturated heterocycles. The van der Waals surface area contributed by atoms with Crippen molar-refractivity contribution in [1.82, 2.24) is 159 Å². The van der Waals surface area contributed by atoms with E-state index in [0.717, 1.165) is 273 Å². The Morgan fingerprint density at radius 1 is 0.460 bits per heavy atom. The number of nitrogens with one attached hydrogen (secondary N) is 7. The standard InChI is InChI=1S/C19H21N5.C16H24N6O.C15H18ClN7.C14H16BrN7O.C14H16BrN7S.C14H16BrN7.CH4/c20-18-11-17(15-7-4-10-21-12-15)23-19-16(13-22-24(18)19)9-8-14-5-2-1-3-6-14;17-15-8-14(12-2-1-3-18-9-12)20-16-13(10-19-22(15)16)11-21-4-6-23-7-5-21;1-22-8-10(6-19-22)11-7-20-23-14(17)12(16)13(21-15(11)23)9-3-2-4-18-5-9;2*1-21-7-8(4-18-21)9-5-19-22-13(16)11(15)12(20-14(9)22)10-6-17-2-3-23-10;1-21-7-9(5-18-21)10-6-19-22-13(16)11(15)12(20-14(10)22)8-2-3-17-4-8;/h1-3,5-6,8-9,11,13,15,21H,4,7,10,12,20H2;8,10,12,18H,1-7,9,11,17H2;6-9,18H,2-5H2,1H3,(H2,17,20,21);2*4-5,7,10,17H,2-3,6,16H2,1H3;5-8,17H,2-4,16H2,1H3;1H4/p+1/b9-8+;;;;;;. The third-order valence-corrected chi connectivity index (χ3v) is 29.7. The average molecular weight is 2120 g/mol. The fourth-order valence-corrected chi connectivity index (χ4v) is 21.4. The number of nitrogens with zero attached hydrogens (tertiary/aromatic N) is 26. The molecule has 1 aromatic carbocycles. The van der Waals surface area contributed by atoms with Gasteiger partial charge in [0.25, 0.3) is 0 Å². The number of aryl methyl sites for hydroxylation is 4. The second kappa shape index (κ2) is 43.8. The maximum Gasteiger partial charge on any atom is 0.203 e. The highest BCUT2D eigenvalue weighted by Crippen LogP contribution is 2.42. The van der Waals surface area contributed by atoms with Gasteiger partial charge >= 0.3 is 0 Å². The maximum atomic E-state index is 6.48. The number of H-pyrrole nitrogens is 1. The van der Waals surface area contributed by atoms with E-state index in [1.165, 1.54) is 19.3 Å². The second-order valence-electron chi connectivity index (χ2n) is 35.2. The largest absolute Gasteiger partial charge is 0.384 e. The zero-order chi connectivity index (χ0) is 95.2. The highest BCUT2D eigenvalue weighted by atomic mass is 79.9. The van der Waals surface area contributed by atoms with Crippen LogP contribution < -0.4 is 71.0 Å². The molecule has 6 unspecified atom stereocenters. The number of nitrogen functional groups attached to an aromatic ring is 6. The normalized spacial score (nSPS) is 19.2. The summed E-state index contributed by atoms with van der Waals surface area (Å²) in [5.41, 5.74) is 58.8. The molecule has 7 aliphatic heterocycles. The van der Waals surface area contributed by atoms with Crippen molar-refractivity contribution in [2.24, 2.45) is 28.2 Å². The van der Waals surface area contributed by atoms with E-state index in [4.69, 9.17) is 85.4 Å². The zero-order valence-electron chi connectivity index (χ0n) is 77.0. The van der Waals surface area contributed by atoms with Crippen molar-refractivity contribution in [2.45, 2.75) is 93.9 Å². The summed E-state index contributed by atoms with van der Waals surface area (Å²) in [6.07, 6.45) is 37.9. The lowest BCUT2D eigenvalue weighted by Gasteiger charge is -2.26. The molecule has 0 bridgehead atoms. The van der Waals surface area contributed by atoms with Crippen LogP contribution in [-0.2, 0) is 44.2 Å². The molecule has 0 aliphatic carbocycles. The molecule has 0 spiro atoms. The van der Waals surface area contributed by atoms with Crippen molar-refractivity contribution in [2.75, 3.05) is 152 Å². The first-order chi connectivity index (χ1) is 67.2. The van der Waals surface area contributed by atoms with Crippen LogP contribution in [0.4, 0.5) is 34.9 Å². The monoisotopic (exact) mass is 2110 g/mol. The van der Waals surface area contributed by atoms with Crippen molar-refractivity contribution in [1.29, 1.82) is 0 Å². The molecule has 7 fully saturated rings. The minimum atomic E-state index is -0.137. The number of fused-ring (bicyclic) bond motifs is 6. The van der Waals surface area contributed by atoms with Crippen molar-refractivity contribution in [3.63, 3.8) is 0 Å². The number of hydrogen-bond donors (Lipinski definition) is 13. The summed E-state index contributed by atoms with van der Waals surface area (Å²) >= 11 is 19.1. The molecule has 0 radical (unpaired) electrons. The summed E-state index contributed by atoms with van der Waals surface area (Å²) in [6.45, 7) is 16.5. The first-order valence-electron chi connectivity index (χ1n) is 46.3. The molecule has 7 aliphatic rings. The van der Waals surface area contributed by atoms with Crippen LogP contribution >= 0.6 is 71.2 Å². The topological polar surface area (TPSA) is 504 Å². The minimum Gasteiger partial charge on any atom is -0.384 e. The van der Waals surface area contributed by atoms with Gasteiger partial charge in [-0.2, -0.15) is 78.1 Å². The third-order valence-electron chi connectivity index (χ3n) is 25.6. The van der Waals surface area contributed by atoms with E-state index >= 15 is 0 Å². The molecule has 23 heterocycles. The Kier molecular flexibility index (Phi) is 30.7. The molecule has 0 amide bonds. The van der Waals surface area contributed by atoms with E-state index in [1.54, 1.807) is 72.1 Å². The highest BCUT2D eigenvalue weighted by molar-refractivity contribution is 9.11. The molecule has 0 saturated carbocycles. The van der Waals surface area contributed by atoms with Crippen molar-refractivity contribution in [3.05, 3.63) is 199 Å². The fourth-order valence-electron chi connectivity index (χ4n) is 18.3. The van der Waals surface area contributed by atoms with E-state index in [-0.39, 0.29) is 24.7 Å². The predicted molar refractivity (Wildman–Crippen MR) is 553 cm³/mol. The Morgan fingerprint density at radius 3 is 1.43 bits per heavy atom. The Labute approximate surface area is 835 Å². The van der Waals surface area contributed by atoms with E-state index in [9.17, 15) is 0 Å². The number of halogens is 4. The molecular weight excluding hydrogens is 2000 g/mol. The molecule has 19 N–H and O–H groups in total. The summed E-state index contributed by atoms with van der Waals surface area (Å²) in [5.74, 6) is 6.02. The Morgan fingerprint density at radius 2 is 0.928 bits per heavy atom. The Hall–Kier alpha value is -12.0. The molecule has 46 heteroatoms. The van der Waals surface area contributed by atoms with E-state index < -0.39 is 0 Å². The first-order valence-corrected chi connectivity index (χ1v) is 50.1. The lowest BCUT2D eigenvalue weighted by Crippen LogP contribution is -2.35. The third kappa shape index (κ3) is 21.3. The predicted octanol–water partition coefficient (Wildman–Crippen LogP) is 9.99. The van der Waals surface area contributed by atoms with Gasteiger partial charge in [-0.05, 0) is 131 Å². The fraction of sp³-hybridized carbons (Fsp3) is 0.398. The van der Waals surface area contributed by atoms with E-state index in [2.05, 4.69) is 154 Å². The first kappa shape index (κ1) is 97.3. The molecule has 24 rings (SSSR count). The van der Waals surface area contributed by atoms with E-state index in [0.29, 0.717) is 76.5 Å². The molecule has 6 atom stereocenters. The van der Waals surface area contributed by atoms with Gasteiger partial charge in [0.1, 0.15) is 46.0 Å². The molecule has 139 heavy (non-hydrogen) atoms. The summed E-state index contributed by atoms with van der Waals surface area (Å²) < 4.78 is 30.9. The van der Waals surface area contributed by atoms with Gasteiger partial charge in [0.05, 0.1) is 146 Å². The van der Waals surface area contributed by atoms with Gasteiger partial charge in [-0.15, -0.1) is 16.4 Å². The van der Waals surface area contributed by atoms with Crippen molar-refractivity contribution >= 4 is 152 Å². The summed E-state index contributed by atoms with van der Waals surface area (Å²) in [4.78, 5) is 31.5. The number of rotatable bonds is 14. The Balaban J connectivity index is 0.000000110. The number of benzene rings is 1. The number of thioether (sulfide) groups is 1. The van der Waals surface area contributed by atoms with Gasteiger partial charge in [-0.25, -0.2) is 29.9 Å². The number of aromatic amines is 1. The quantitative estimate of drug-likeness (QED) is 0.0450. The van der Waals surface area contributed by atoms with Crippen LogP contribution in [-0.4, -0.2) is 244 Å². The second-order valence-corrected chi connectivity index (χ2v) is 39.2. The number of piperidine rings is 3.